The number of aromatic nitrogens is 4. The van der Waals surface area contributed by atoms with Gasteiger partial charge in [-0.15, -0.1) is 11.3 Å². The normalized spacial score (nSPS) is 12.4. The van der Waals surface area contributed by atoms with Crippen LogP contribution in [-0.4, -0.2) is 65.5 Å². The first-order valence-electron chi connectivity index (χ1n) is 12.1. The third-order valence-corrected chi connectivity index (χ3v) is 7.33. The molecule has 0 bridgehead atoms. The van der Waals surface area contributed by atoms with E-state index in [4.69, 9.17) is 19.4 Å². The predicted octanol–water partition coefficient (Wildman–Crippen LogP) is 4.79. The summed E-state index contributed by atoms with van der Waals surface area (Å²) in [6.07, 6.45) is 3.11. The van der Waals surface area contributed by atoms with Gasteiger partial charge in [0, 0.05) is 31.9 Å². The van der Waals surface area contributed by atoms with Gasteiger partial charge in [0.15, 0.2) is 0 Å². The number of carbonyl (C=O) groups is 1. The van der Waals surface area contributed by atoms with Crippen molar-refractivity contribution >= 4 is 39.4 Å². The SMILES string of the molecule is CCC(CCNc1nc(NCCOC)nc(C)c1-c1nc2c(C)nccc2s1)C(C)(C)NC(=O)OC. The van der Waals surface area contributed by atoms with E-state index in [-0.39, 0.29) is 5.92 Å². The topological polar surface area (TPSA) is 123 Å². The largest absolute Gasteiger partial charge is 0.453 e. The molecule has 1 amide bonds. The zero-order chi connectivity index (χ0) is 26.3. The van der Waals surface area contributed by atoms with Crippen LogP contribution in [0.15, 0.2) is 12.3 Å². The molecule has 0 fully saturated rings. The first-order chi connectivity index (χ1) is 17.2. The quantitative estimate of drug-likeness (QED) is 0.292. The number of nitrogens with zero attached hydrogens (tertiary/aromatic N) is 4. The van der Waals surface area contributed by atoms with E-state index in [1.807, 2.05) is 33.8 Å². The minimum Gasteiger partial charge on any atom is -0.453 e. The lowest BCUT2D eigenvalue weighted by Crippen LogP contribution is -2.49. The van der Waals surface area contributed by atoms with Crippen LogP contribution in [0.5, 0.6) is 0 Å². The molecule has 0 aliphatic heterocycles. The average molecular weight is 516 g/mol. The van der Waals surface area contributed by atoms with Crippen molar-refractivity contribution in [1.29, 1.82) is 0 Å². The van der Waals surface area contributed by atoms with E-state index < -0.39 is 11.6 Å². The molecule has 3 N–H and O–H groups in total. The van der Waals surface area contributed by atoms with Gasteiger partial charge in [-0.2, -0.15) is 4.98 Å². The molecule has 1 unspecified atom stereocenters. The smallest absolute Gasteiger partial charge is 0.407 e. The summed E-state index contributed by atoms with van der Waals surface area (Å²) >= 11 is 1.61. The highest BCUT2D eigenvalue weighted by molar-refractivity contribution is 7.21. The molecule has 0 radical (unpaired) electrons. The summed E-state index contributed by atoms with van der Waals surface area (Å²) < 4.78 is 11.0. The molecule has 3 aromatic rings. The van der Waals surface area contributed by atoms with Gasteiger partial charge in [0.25, 0.3) is 0 Å². The summed E-state index contributed by atoms with van der Waals surface area (Å²) in [5, 5.41) is 10.6. The highest BCUT2D eigenvalue weighted by Crippen LogP contribution is 2.36. The van der Waals surface area contributed by atoms with Gasteiger partial charge < -0.3 is 25.4 Å². The van der Waals surface area contributed by atoms with Gasteiger partial charge in [-0.05, 0) is 46.1 Å². The second-order valence-corrected chi connectivity index (χ2v) is 10.2. The predicted molar refractivity (Wildman–Crippen MR) is 145 cm³/mol. The van der Waals surface area contributed by atoms with E-state index in [0.717, 1.165) is 50.8 Å². The van der Waals surface area contributed by atoms with Crippen LogP contribution in [0.3, 0.4) is 0 Å². The number of rotatable bonds is 12. The van der Waals surface area contributed by atoms with Crippen molar-refractivity contribution in [1.82, 2.24) is 25.3 Å². The lowest BCUT2D eigenvalue weighted by Gasteiger charge is -2.34. The molecule has 36 heavy (non-hydrogen) atoms. The fraction of sp³-hybridized carbons (Fsp3) is 0.560. The number of methoxy groups -OCH3 is 2. The van der Waals surface area contributed by atoms with Gasteiger partial charge in [-0.3, -0.25) is 4.98 Å². The van der Waals surface area contributed by atoms with Gasteiger partial charge in [-0.25, -0.2) is 14.8 Å². The number of anilines is 2. The maximum absolute atomic E-state index is 11.8. The Morgan fingerprint density at radius 2 is 1.89 bits per heavy atom. The molecule has 1 atom stereocenters. The Labute approximate surface area is 216 Å². The molecule has 0 aromatic carbocycles. The number of ether oxygens (including phenoxy) is 2. The lowest BCUT2D eigenvalue weighted by molar-refractivity contribution is 0.145. The fourth-order valence-electron chi connectivity index (χ4n) is 4.25. The van der Waals surface area contributed by atoms with Gasteiger partial charge in [0.1, 0.15) is 16.3 Å². The summed E-state index contributed by atoms with van der Waals surface area (Å²) in [6, 6.07) is 1.98. The number of alkyl carbamates (subject to hydrolysis) is 1. The zero-order valence-corrected chi connectivity index (χ0v) is 23.0. The van der Waals surface area contributed by atoms with Crippen molar-refractivity contribution in [2.24, 2.45) is 5.92 Å². The molecule has 196 valence electrons. The van der Waals surface area contributed by atoms with Crippen molar-refractivity contribution < 1.29 is 14.3 Å². The molecule has 3 aromatic heterocycles. The van der Waals surface area contributed by atoms with Crippen LogP contribution in [0.1, 0.15) is 45.0 Å². The molecule has 0 aliphatic carbocycles. The standard InChI is InChI=1S/C25H37N7O3S/c1-8-17(25(4,5)32-24(33)35-7)9-11-27-21-19(15(2)29-23(31-21)28-13-14-34-6)22-30-20-16(3)26-12-10-18(20)36-22/h10,12,17H,8-9,11,13-14H2,1-7H3,(H,32,33)(H2,27,28,29,31). The Bertz CT molecular complexity index is 1180. The Balaban J connectivity index is 1.89. The lowest BCUT2D eigenvalue weighted by atomic mass is 9.83. The summed E-state index contributed by atoms with van der Waals surface area (Å²) in [4.78, 5) is 30.6. The summed E-state index contributed by atoms with van der Waals surface area (Å²) in [7, 11) is 3.04. The van der Waals surface area contributed by atoms with Gasteiger partial charge in [-0.1, -0.05) is 13.3 Å². The van der Waals surface area contributed by atoms with Crippen LogP contribution in [-0.2, 0) is 9.47 Å². The molecule has 11 heteroatoms. The number of nitrogens with one attached hydrogen (secondary N) is 3. The number of aryl methyl sites for hydroxylation is 2. The molecular weight excluding hydrogens is 478 g/mol. The second-order valence-electron chi connectivity index (χ2n) is 9.20. The number of thiazole rings is 1. The Morgan fingerprint density at radius 1 is 1.11 bits per heavy atom. The second kappa shape index (κ2) is 12.3. The molecule has 10 nitrogen and oxygen atoms in total. The van der Waals surface area contributed by atoms with Crippen LogP contribution >= 0.6 is 11.3 Å². The zero-order valence-electron chi connectivity index (χ0n) is 22.2. The highest BCUT2D eigenvalue weighted by atomic mass is 32.1. The van der Waals surface area contributed by atoms with Crippen molar-refractivity contribution in [2.75, 3.05) is 44.5 Å². The van der Waals surface area contributed by atoms with E-state index in [2.05, 4.69) is 32.8 Å². The van der Waals surface area contributed by atoms with Gasteiger partial charge in [0.2, 0.25) is 5.95 Å². The van der Waals surface area contributed by atoms with Gasteiger partial charge in [0.05, 0.1) is 35.4 Å². The van der Waals surface area contributed by atoms with Crippen molar-refractivity contribution in [3.63, 3.8) is 0 Å². The van der Waals surface area contributed by atoms with Crippen molar-refractivity contribution in [3.05, 3.63) is 23.7 Å². The first kappa shape index (κ1) is 27.5. The van der Waals surface area contributed by atoms with E-state index in [0.29, 0.717) is 25.6 Å². The Morgan fingerprint density at radius 3 is 2.56 bits per heavy atom. The molecule has 0 saturated heterocycles. The minimum absolute atomic E-state index is 0.228. The van der Waals surface area contributed by atoms with Crippen molar-refractivity contribution in [3.8, 4) is 10.6 Å². The summed E-state index contributed by atoms with van der Waals surface area (Å²) in [5.74, 6) is 1.49. The highest BCUT2D eigenvalue weighted by Gasteiger charge is 2.30. The molecule has 3 rings (SSSR count). The molecule has 0 saturated carbocycles. The van der Waals surface area contributed by atoms with Crippen molar-refractivity contribution in [2.45, 2.75) is 53.0 Å². The number of fused-ring (bicyclic) bond motifs is 1. The third kappa shape index (κ3) is 6.58. The number of pyridine rings is 1. The maximum Gasteiger partial charge on any atom is 0.407 e. The molecule has 0 aliphatic rings. The molecule has 3 heterocycles. The first-order valence-corrected chi connectivity index (χ1v) is 13.0. The summed E-state index contributed by atoms with van der Waals surface area (Å²) in [5.41, 5.74) is 3.09. The summed E-state index contributed by atoms with van der Waals surface area (Å²) in [6.45, 7) is 11.9. The van der Waals surface area contributed by atoms with E-state index in [1.165, 1.54) is 7.11 Å². The van der Waals surface area contributed by atoms with Crippen LogP contribution < -0.4 is 16.0 Å². The van der Waals surface area contributed by atoms with Crippen LogP contribution in [0.25, 0.3) is 20.8 Å². The molecular formula is C25H37N7O3S. The van der Waals surface area contributed by atoms with E-state index in [1.54, 1.807) is 24.6 Å². The average Bonchev–Trinajstić information content (AvgIpc) is 3.26. The number of hydrogen-bond acceptors (Lipinski definition) is 10. The number of amides is 1. The minimum atomic E-state index is -0.424. The fourth-order valence-corrected chi connectivity index (χ4v) is 5.36. The Kier molecular flexibility index (Phi) is 9.38. The van der Waals surface area contributed by atoms with E-state index >= 15 is 0 Å². The number of hydrogen-bond donors (Lipinski definition) is 3. The maximum atomic E-state index is 11.8. The van der Waals surface area contributed by atoms with Gasteiger partial charge >= 0.3 is 6.09 Å². The number of carbonyl (C=O) groups excluding carboxylic acids is 1. The molecule has 0 spiro atoms. The van der Waals surface area contributed by atoms with Crippen LogP contribution in [0.4, 0.5) is 16.6 Å². The van der Waals surface area contributed by atoms with Crippen LogP contribution in [0.2, 0.25) is 0 Å². The third-order valence-electron chi connectivity index (χ3n) is 6.29. The monoisotopic (exact) mass is 515 g/mol. The van der Waals surface area contributed by atoms with E-state index in [9.17, 15) is 4.79 Å². The Hall–Kier alpha value is -3.05. The van der Waals surface area contributed by atoms with Crippen LogP contribution in [0, 0.1) is 19.8 Å².